The van der Waals surface area contributed by atoms with Crippen molar-refractivity contribution < 1.29 is 19.1 Å². The first-order valence-electron chi connectivity index (χ1n) is 9.79. The highest BCUT2D eigenvalue weighted by Crippen LogP contribution is 2.21. The first-order valence-corrected chi connectivity index (χ1v) is 9.79. The van der Waals surface area contributed by atoms with Gasteiger partial charge in [-0.3, -0.25) is 4.79 Å². The van der Waals surface area contributed by atoms with Gasteiger partial charge in [0.25, 0.3) is 5.91 Å². The fraction of sp³-hybridized carbons (Fsp3) is 0.200. The number of amides is 1. The molecule has 0 radical (unpaired) electrons. The third-order valence-electron chi connectivity index (χ3n) is 4.81. The van der Waals surface area contributed by atoms with Crippen molar-refractivity contribution in [2.75, 3.05) is 6.61 Å². The lowest BCUT2D eigenvalue weighted by Gasteiger charge is -2.16. The Balaban J connectivity index is 1.49. The number of aryl methyl sites for hydroxylation is 2. The first-order chi connectivity index (χ1) is 14.4. The highest BCUT2D eigenvalue weighted by Gasteiger charge is 2.14. The molecule has 0 aliphatic carbocycles. The molecule has 0 spiro atoms. The quantitative estimate of drug-likeness (QED) is 0.556. The van der Waals surface area contributed by atoms with Gasteiger partial charge in [0.05, 0.1) is 11.6 Å². The van der Waals surface area contributed by atoms with E-state index < -0.39 is 5.97 Å². The second-order valence-electron chi connectivity index (χ2n) is 7.15. The van der Waals surface area contributed by atoms with Crippen LogP contribution in [0.4, 0.5) is 0 Å². The van der Waals surface area contributed by atoms with Gasteiger partial charge >= 0.3 is 5.97 Å². The molecule has 1 amide bonds. The van der Waals surface area contributed by atoms with Crippen LogP contribution < -0.4 is 10.1 Å². The van der Waals surface area contributed by atoms with Gasteiger partial charge in [-0.05, 0) is 73.9 Å². The largest absolute Gasteiger partial charge is 0.457 e. The Kier molecular flexibility index (Phi) is 6.86. The molecule has 0 unspecified atom stereocenters. The third-order valence-corrected chi connectivity index (χ3v) is 4.81. The second kappa shape index (κ2) is 9.74. The fourth-order valence-electron chi connectivity index (χ4n) is 2.90. The van der Waals surface area contributed by atoms with Crippen LogP contribution in [0.25, 0.3) is 0 Å². The van der Waals surface area contributed by atoms with Gasteiger partial charge in [0.2, 0.25) is 0 Å². The highest BCUT2D eigenvalue weighted by atomic mass is 16.5. The molecular weight excluding hydrogens is 378 g/mol. The zero-order chi connectivity index (χ0) is 21.5. The summed E-state index contributed by atoms with van der Waals surface area (Å²) in [5.74, 6) is 0.411. The molecule has 5 nitrogen and oxygen atoms in total. The molecule has 1 N–H and O–H groups in total. The molecule has 0 aromatic heterocycles. The third kappa shape index (κ3) is 5.70. The maximum absolute atomic E-state index is 12.2. The van der Waals surface area contributed by atoms with Crippen LogP contribution >= 0.6 is 0 Å². The van der Waals surface area contributed by atoms with Crippen molar-refractivity contribution >= 4 is 11.9 Å². The SMILES string of the molecule is Cc1ccc([C@@H](C)NC(=O)COC(=O)c2ccc(Oc3ccccc3)cc2)cc1C. The summed E-state index contributed by atoms with van der Waals surface area (Å²) in [6, 6.07) is 21.8. The number of para-hydroxylation sites is 1. The van der Waals surface area contributed by atoms with Crippen LogP contribution in [-0.4, -0.2) is 18.5 Å². The van der Waals surface area contributed by atoms with Crippen molar-refractivity contribution in [2.45, 2.75) is 26.8 Å². The van der Waals surface area contributed by atoms with E-state index in [-0.39, 0.29) is 18.6 Å². The number of hydrogen-bond acceptors (Lipinski definition) is 4. The monoisotopic (exact) mass is 403 g/mol. The molecule has 5 heteroatoms. The molecule has 0 aliphatic heterocycles. The number of nitrogens with one attached hydrogen (secondary N) is 1. The summed E-state index contributed by atoms with van der Waals surface area (Å²) in [4.78, 5) is 24.4. The molecule has 0 saturated carbocycles. The summed E-state index contributed by atoms with van der Waals surface area (Å²) >= 11 is 0. The molecule has 0 aliphatic rings. The Hall–Kier alpha value is -3.60. The van der Waals surface area contributed by atoms with Crippen LogP contribution in [0.15, 0.2) is 72.8 Å². The molecule has 0 heterocycles. The Morgan fingerprint density at radius 2 is 1.53 bits per heavy atom. The summed E-state index contributed by atoms with van der Waals surface area (Å²) in [5.41, 5.74) is 3.73. The average molecular weight is 403 g/mol. The number of rotatable bonds is 7. The minimum atomic E-state index is -0.560. The lowest BCUT2D eigenvalue weighted by molar-refractivity contribution is -0.124. The van der Waals surface area contributed by atoms with Crippen LogP contribution in [0, 0.1) is 13.8 Å². The van der Waals surface area contributed by atoms with E-state index in [4.69, 9.17) is 9.47 Å². The Morgan fingerprint density at radius 3 is 2.20 bits per heavy atom. The van der Waals surface area contributed by atoms with Crippen molar-refractivity contribution in [1.29, 1.82) is 0 Å². The molecule has 1 atom stereocenters. The van der Waals surface area contributed by atoms with E-state index in [0.717, 1.165) is 5.56 Å². The number of esters is 1. The zero-order valence-corrected chi connectivity index (χ0v) is 17.3. The minimum Gasteiger partial charge on any atom is -0.457 e. The van der Waals surface area contributed by atoms with E-state index in [9.17, 15) is 9.59 Å². The van der Waals surface area contributed by atoms with E-state index in [2.05, 4.69) is 5.32 Å². The summed E-state index contributed by atoms with van der Waals surface area (Å²) in [6.07, 6.45) is 0. The van der Waals surface area contributed by atoms with Crippen molar-refractivity contribution in [3.05, 3.63) is 95.1 Å². The highest BCUT2D eigenvalue weighted by molar-refractivity contribution is 5.91. The molecular formula is C25H25NO4. The first kappa shape index (κ1) is 21.1. The molecule has 30 heavy (non-hydrogen) atoms. The number of benzene rings is 3. The summed E-state index contributed by atoms with van der Waals surface area (Å²) in [5, 5.41) is 2.85. The van der Waals surface area contributed by atoms with Gasteiger partial charge < -0.3 is 14.8 Å². The van der Waals surface area contributed by atoms with Gasteiger partial charge in [-0.2, -0.15) is 0 Å². The summed E-state index contributed by atoms with van der Waals surface area (Å²) < 4.78 is 10.8. The summed E-state index contributed by atoms with van der Waals surface area (Å²) in [7, 11) is 0. The van der Waals surface area contributed by atoms with Crippen molar-refractivity contribution in [3.63, 3.8) is 0 Å². The van der Waals surface area contributed by atoms with Crippen LogP contribution in [0.5, 0.6) is 11.5 Å². The molecule has 0 bridgehead atoms. The van der Waals surface area contributed by atoms with Crippen LogP contribution in [0.3, 0.4) is 0 Å². The zero-order valence-electron chi connectivity index (χ0n) is 17.3. The predicted octanol–water partition coefficient (Wildman–Crippen LogP) is 5.13. The van der Waals surface area contributed by atoms with Gasteiger partial charge in [0.1, 0.15) is 11.5 Å². The van der Waals surface area contributed by atoms with Crippen molar-refractivity contribution in [2.24, 2.45) is 0 Å². The van der Waals surface area contributed by atoms with Gasteiger partial charge in [-0.25, -0.2) is 4.79 Å². The number of carbonyl (C=O) groups is 2. The van der Waals surface area contributed by atoms with E-state index in [1.165, 1.54) is 11.1 Å². The molecule has 3 aromatic carbocycles. The van der Waals surface area contributed by atoms with E-state index in [1.807, 2.05) is 69.3 Å². The molecule has 3 rings (SSSR count). The Bertz CT molecular complexity index is 1010. The average Bonchev–Trinajstić information content (AvgIpc) is 2.75. The number of carbonyl (C=O) groups excluding carboxylic acids is 2. The molecule has 154 valence electrons. The lowest BCUT2D eigenvalue weighted by Crippen LogP contribution is -2.31. The van der Waals surface area contributed by atoms with E-state index in [1.54, 1.807) is 24.3 Å². The normalized spacial score (nSPS) is 11.4. The maximum atomic E-state index is 12.2. The molecule has 0 fully saturated rings. The van der Waals surface area contributed by atoms with Gasteiger partial charge in [0.15, 0.2) is 6.61 Å². The van der Waals surface area contributed by atoms with E-state index >= 15 is 0 Å². The van der Waals surface area contributed by atoms with Gasteiger partial charge in [0, 0.05) is 0 Å². The topological polar surface area (TPSA) is 64.6 Å². The maximum Gasteiger partial charge on any atom is 0.338 e. The molecule has 3 aromatic rings. The number of ether oxygens (including phenoxy) is 2. The predicted molar refractivity (Wildman–Crippen MR) is 116 cm³/mol. The van der Waals surface area contributed by atoms with Gasteiger partial charge in [-0.1, -0.05) is 36.4 Å². The van der Waals surface area contributed by atoms with Crippen LogP contribution in [0.2, 0.25) is 0 Å². The van der Waals surface area contributed by atoms with Crippen LogP contribution in [-0.2, 0) is 9.53 Å². The Labute approximate surface area is 176 Å². The lowest BCUT2D eigenvalue weighted by atomic mass is 10.0. The fourth-order valence-corrected chi connectivity index (χ4v) is 2.90. The standard InChI is InChI=1S/C25H25NO4/c1-17-9-10-21(15-18(17)2)19(3)26-24(27)16-29-25(28)20-11-13-23(14-12-20)30-22-7-5-4-6-8-22/h4-15,19H,16H2,1-3H3,(H,26,27)/t19-/m1/s1. The minimum absolute atomic E-state index is 0.176. The molecule has 0 saturated heterocycles. The summed E-state index contributed by atoms with van der Waals surface area (Å²) in [6.45, 7) is 5.64. The Morgan fingerprint density at radius 1 is 0.867 bits per heavy atom. The van der Waals surface area contributed by atoms with Gasteiger partial charge in [-0.15, -0.1) is 0 Å². The number of hydrogen-bond donors (Lipinski definition) is 1. The van der Waals surface area contributed by atoms with Crippen molar-refractivity contribution in [3.8, 4) is 11.5 Å². The van der Waals surface area contributed by atoms with Crippen molar-refractivity contribution in [1.82, 2.24) is 5.32 Å². The smallest absolute Gasteiger partial charge is 0.338 e. The second-order valence-corrected chi connectivity index (χ2v) is 7.15. The van der Waals surface area contributed by atoms with E-state index in [0.29, 0.717) is 17.1 Å². The van der Waals surface area contributed by atoms with Crippen LogP contribution in [0.1, 0.15) is 40.0 Å².